The third kappa shape index (κ3) is 2.90. The summed E-state index contributed by atoms with van der Waals surface area (Å²) in [7, 11) is 0. The summed E-state index contributed by atoms with van der Waals surface area (Å²) in [6, 6.07) is 4.91. The van der Waals surface area contributed by atoms with Crippen LogP contribution >= 0.6 is 15.9 Å². The van der Waals surface area contributed by atoms with Crippen molar-refractivity contribution in [2.45, 2.75) is 25.4 Å². The molecule has 2 aromatic rings. The highest BCUT2D eigenvalue weighted by molar-refractivity contribution is 9.08. The van der Waals surface area contributed by atoms with E-state index in [9.17, 15) is 4.39 Å². The van der Waals surface area contributed by atoms with Crippen molar-refractivity contribution >= 4 is 15.9 Å². The number of alkyl halides is 1. The van der Waals surface area contributed by atoms with Crippen molar-refractivity contribution in [3.05, 3.63) is 47.5 Å². The summed E-state index contributed by atoms with van der Waals surface area (Å²) in [5, 5.41) is 4.71. The Kier molecular flexibility index (Phi) is 4.36. The number of nitrogens with zero attached hydrogens (tertiary/aromatic N) is 2. The van der Waals surface area contributed by atoms with Gasteiger partial charge in [-0.15, -0.1) is 0 Å². The molecule has 0 radical (unpaired) electrons. The molecule has 5 heteroatoms. The molecule has 0 atom stereocenters. The maximum atomic E-state index is 13.6. The van der Waals surface area contributed by atoms with Crippen LogP contribution in [0.5, 0.6) is 5.75 Å². The predicted molar refractivity (Wildman–Crippen MR) is 71.3 cm³/mol. The second kappa shape index (κ2) is 6.00. The van der Waals surface area contributed by atoms with Gasteiger partial charge in [0.05, 0.1) is 6.20 Å². The Hall–Kier alpha value is -1.36. The quantitative estimate of drug-likeness (QED) is 0.790. The number of ether oxygens (including phenoxy) is 1. The van der Waals surface area contributed by atoms with Crippen molar-refractivity contribution < 1.29 is 9.13 Å². The zero-order valence-corrected chi connectivity index (χ0v) is 11.7. The van der Waals surface area contributed by atoms with Crippen LogP contribution in [0, 0.1) is 5.82 Å². The molecule has 2 rings (SSSR count). The molecule has 0 aliphatic carbocycles. The van der Waals surface area contributed by atoms with Crippen LogP contribution in [0.4, 0.5) is 4.39 Å². The first-order valence-electron chi connectivity index (χ1n) is 5.72. The first-order chi connectivity index (χ1) is 8.74. The van der Waals surface area contributed by atoms with E-state index >= 15 is 0 Å². The Balaban J connectivity index is 2.10. The summed E-state index contributed by atoms with van der Waals surface area (Å²) >= 11 is 3.32. The summed E-state index contributed by atoms with van der Waals surface area (Å²) in [5.41, 5.74) is 1.73. The number of benzene rings is 1. The summed E-state index contributed by atoms with van der Waals surface area (Å²) < 4.78 is 21.0. The molecule has 96 valence electrons. The molecular weight excluding hydrogens is 299 g/mol. The normalized spacial score (nSPS) is 10.6. The summed E-state index contributed by atoms with van der Waals surface area (Å²) in [6.07, 6.45) is 3.63. The molecule has 0 saturated heterocycles. The van der Waals surface area contributed by atoms with Crippen LogP contribution in [0.25, 0.3) is 0 Å². The van der Waals surface area contributed by atoms with E-state index in [-0.39, 0.29) is 5.82 Å². The number of halogens is 2. The molecule has 0 saturated carbocycles. The molecule has 0 amide bonds. The van der Waals surface area contributed by atoms with Crippen LogP contribution in [0.1, 0.15) is 18.1 Å². The van der Waals surface area contributed by atoms with Gasteiger partial charge in [0.1, 0.15) is 6.61 Å². The van der Waals surface area contributed by atoms with Gasteiger partial charge in [-0.3, -0.25) is 4.68 Å². The predicted octanol–water partition coefficient (Wildman–Crippen LogP) is 3.52. The number of aryl methyl sites for hydroxylation is 1. The van der Waals surface area contributed by atoms with Gasteiger partial charge in [-0.25, -0.2) is 4.39 Å². The average Bonchev–Trinajstić information content (AvgIpc) is 2.85. The van der Waals surface area contributed by atoms with Crippen molar-refractivity contribution in [1.29, 1.82) is 0 Å². The van der Waals surface area contributed by atoms with Gasteiger partial charge in [-0.2, -0.15) is 5.10 Å². The maximum absolute atomic E-state index is 13.6. The Morgan fingerprint density at radius 2 is 2.28 bits per heavy atom. The van der Waals surface area contributed by atoms with Crippen molar-refractivity contribution in [2.75, 3.05) is 0 Å². The lowest BCUT2D eigenvalue weighted by molar-refractivity contribution is 0.288. The molecule has 1 aromatic carbocycles. The summed E-state index contributed by atoms with van der Waals surface area (Å²) in [4.78, 5) is 0. The van der Waals surface area contributed by atoms with E-state index in [1.54, 1.807) is 12.3 Å². The molecular formula is C13H14BrFN2O. The topological polar surface area (TPSA) is 27.1 Å². The van der Waals surface area contributed by atoms with Crippen LogP contribution in [-0.2, 0) is 18.5 Å². The minimum atomic E-state index is -0.338. The van der Waals surface area contributed by atoms with Crippen molar-refractivity contribution in [3.63, 3.8) is 0 Å². The molecule has 0 unspecified atom stereocenters. The van der Waals surface area contributed by atoms with E-state index in [4.69, 9.17) is 4.74 Å². The fraction of sp³-hybridized carbons (Fsp3) is 0.308. The highest BCUT2D eigenvalue weighted by Crippen LogP contribution is 2.25. The van der Waals surface area contributed by atoms with Gasteiger partial charge in [0.2, 0.25) is 0 Å². The van der Waals surface area contributed by atoms with Crippen molar-refractivity contribution in [2.24, 2.45) is 0 Å². The van der Waals surface area contributed by atoms with E-state index in [2.05, 4.69) is 21.0 Å². The zero-order valence-electron chi connectivity index (χ0n) is 10.1. The molecule has 0 N–H and O–H groups in total. The SMILES string of the molecule is CCn1cc(COc2c(F)cccc2CBr)cn1. The smallest absolute Gasteiger partial charge is 0.165 e. The Morgan fingerprint density at radius 3 is 2.94 bits per heavy atom. The minimum Gasteiger partial charge on any atom is -0.485 e. The van der Waals surface area contributed by atoms with Gasteiger partial charge < -0.3 is 4.74 Å². The van der Waals surface area contributed by atoms with Crippen LogP contribution in [0.15, 0.2) is 30.6 Å². The number of hydrogen-bond donors (Lipinski definition) is 0. The van der Waals surface area contributed by atoms with Crippen LogP contribution in [-0.4, -0.2) is 9.78 Å². The lowest BCUT2D eigenvalue weighted by atomic mass is 10.2. The van der Waals surface area contributed by atoms with Gasteiger partial charge in [-0.05, 0) is 13.0 Å². The molecule has 1 aromatic heterocycles. The molecule has 0 aliphatic heterocycles. The van der Waals surface area contributed by atoms with E-state index in [0.29, 0.717) is 17.7 Å². The van der Waals surface area contributed by atoms with Gasteiger partial charge in [0.25, 0.3) is 0 Å². The molecule has 0 spiro atoms. The first kappa shape index (κ1) is 13.1. The molecule has 18 heavy (non-hydrogen) atoms. The lowest BCUT2D eigenvalue weighted by Gasteiger charge is -2.09. The molecule has 3 nitrogen and oxygen atoms in total. The standard InChI is InChI=1S/C13H14BrFN2O/c1-2-17-8-10(7-16-17)9-18-13-11(6-14)4-3-5-12(13)15/h3-5,7-8H,2,6,9H2,1H3. The highest BCUT2D eigenvalue weighted by atomic mass is 79.9. The number of aromatic nitrogens is 2. The summed E-state index contributed by atoms with van der Waals surface area (Å²) in [5.74, 6) is -0.0338. The Morgan fingerprint density at radius 1 is 1.44 bits per heavy atom. The van der Waals surface area contributed by atoms with Gasteiger partial charge in [0.15, 0.2) is 11.6 Å². The van der Waals surface area contributed by atoms with E-state index in [0.717, 1.165) is 17.7 Å². The Labute approximate surface area is 114 Å². The van der Waals surface area contributed by atoms with Gasteiger partial charge in [-0.1, -0.05) is 28.1 Å². The zero-order chi connectivity index (χ0) is 13.0. The van der Waals surface area contributed by atoms with E-state index in [1.807, 2.05) is 23.9 Å². The largest absolute Gasteiger partial charge is 0.485 e. The summed E-state index contributed by atoms with van der Waals surface area (Å²) in [6.45, 7) is 3.14. The molecule has 1 heterocycles. The van der Waals surface area contributed by atoms with Crippen LogP contribution in [0.2, 0.25) is 0 Å². The monoisotopic (exact) mass is 312 g/mol. The average molecular weight is 313 g/mol. The molecule has 0 bridgehead atoms. The highest BCUT2D eigenvalue weighted by Gasteiger charge is 2.09. The Bertz CT molecular complexity index is 527. The van der Waals surface area contributed by atoms with E-state index < -0.39 is 0 Å². The van der Waals surface area contributed by atoms with Gasteiger partial charge in [0, 0.05) is 29.2 Å². The van der Waals surface area contributed by atoms with Crippen molar-refractivity contribution in [1.82, 2.24) is 9.78 Å². The lowest BCUT2D eigenvalue weighted by Crippen LogP contribution is -1.99. The van der Waals surface area contributed by atoms with Crippen LogP contribution < -0.4 is 4.74 Å². The number of rotatable bonds is 5. The second-order valence-corrected chi connectivity index (χ2v) is 4.42. The minimum absolute atomic E-state index is 0.304. The number of hydrogen-bond acceptors (Lipinski definition) is 2. The number of para-hydroxylation sites is 1. The maximum Gasteiger partial charge on any atom is 0.165 e. The second-order valence-electron chi connectivity index (χ2n) is 3.85. The van der Waals surface area contributed by atoms with Crippen molar-refractivity contribution in [3.8, 4) is 5.75 Å². The molecule has 0 aliphatic rings. The molecule has 0 fully saturated rings. The fourth-order valence-corrected chi connectivity index (χ4v) is 2.07. The van der Waals surface area contributed by atoms with Crippen LogP contribution in [0.3, 0.4) is 0 Å². The fourth-order valence-electron chi connectivity index (χ4n) is 1.63. The van der Waals surface area contributed by atoms with Gasteiger partial charge >= 0.3 is 0 Å². The third-order valence-electron chi connectivity index (χ3n) is 2.59. The van der Waals surface area contributed by atoms with E-state index in [1.165, 1.54) is 6.07 Å². The third-order valence-corrected chi connectivity index (χ3v) is 3.19. The first-order valence-corrected chi connectivity index (χ1v) is 6.84.